The van der Waals surface area contributed by atoms with E-state index in [1.54, 1.807) is 0 Å². The van der Waals surface area contributed by atoms with Gasteiger partial charge in [-0.15, -0.1) is 0 Å². The number of hydrogen-bond acceptors (Lipinski definition) is 3. The third-order valence-electron chi connectivity index (χ3n) is 3.93. The number of hydrogen-bond donors (Lipinski definition) is 2. The van der Waals surface area contributed by atoms with E-state index in [0.717, 1.165) is 29.6 Å². The van der Waals surface area contributed by atoms with Gasteiger partial charge >= 0.3 is 0 Å². The van der Waals surface area contributed by atoms with Crippen LogP contribution in [0.1, 0.15) is 51.3 Å². The predicted octanol–water partition coefficient (Wildman–Crippen LogP) is 4.81. The zero-order valence-electron chi connectivity index (χ0n) is 12.2. The number of para-hydroxylation sites is 1. The van der Waals surface area contributed by atoms with Crippen LogP contribution in [-0.2, 0) is 0 Å². The van der Waals surface area contributed by atoms with Gasteiger partial charge in [0.1, 0.15) is 5.76 Å². The van der Waals surface area contributed by atoms with Crippen molar-refractivity contribution in [2.75, 3.05) is 0 Å². The molecule has 1 aromatic carbocycles. The molecule has 3 N–H and O–H groups in total. The van der Waals surface area contributed by atoms with Gasteiger partial charge in [-0.3, -0.25) is 5.84 Å². The Kier molecular flexibility index (Phi) is 5.46. The Balaban J connectivity index is 2.30. The van der Waals surface area contributed by atoms with Gasteiger partial charge < -0.3 is 4.42 Å². The summed E-state index contributed by atoms with van der Waals surface area (Å²) in [5.74, 6) is 7.12. The van der Waals surface area contributed by atoms with E-state index < -0.39 is 0 Å². The molecule has 1 aromatic heterocycles. The van der Waals surface area contributed by atoms with Crippen LogP contribution >= 0.6 is 11.6 Å². The molecule has 4 heteroatoms. The Labute approximate surface area is 125 Å². The summed E-state index contributed by atoms with van der Waals surface area (Å²) in [6.45, 7) is 4.40. The molecule has 0 spiro atoms. The van der Waals surface area contributed by atoms with Crippen LogP contribution in [0.15, 0.2) is 28.7 Å². The number of hydrazine groups is 1. The molecule has 0 bridgehead atoms. The van der Waals surface area contributed by atoms with Crippen LogP contribution in [0.2, 0.25) is 5.02 Å². The minimum Gasteiger partial charge on any atom is -0.458 e. The second-order valence-corrected chi connectivity index (χ2v) is 5.67. The number of nitrogens with one attached hydrogen (secondary N) is 1. The van der Waals surface area contributed by atoms with Gasteiger partial charge in [0, 0.05) is 5.39 Å². The fourth-order valence-electron chi connectivity index (χ4n) is 2.72. The minimum atomic E-state index is 0.0371. The fraction of sp³-hybridized carbons (Fsp3) is 0.500. The van der Waals surface area contributed by atoms with Crippen molar-refractivity contribution in [3.05, 3.63) is 35.0 Å². The Bertz CT molecular complexity index is 552. The van der Waals surface area contributed by atoms with E-state index in [2.05, 4.69) is 19.3 Å². The number of unbranched alkanes of at least 4 members (excludes halogenated alkanes) is 1. The Morgan fingerprint density at radius 3 is 2.75 bits per heavy atom. The maximum atomic E-state index is 6.17. The van der Waals surface area contributed by atoms with Crippen molar-refractivity contribution in [3.63, 3.8) is 0 Å². The van der Waals surface area contributed by atoms with Crippen LogP contribution in [0.4, 0.5) is 0 Å². The summed E-state index contributed by atoms with van der Waals surface area (Å²) in [6, 6.07) is 7.87. The zero-order valence-corrected chi connectivity index (χ0v) is 12.9. The van der Waals surface area contributed by atoms with E-state index in [1.807, 2.05) is 24.3 Å². The summed E-state index contributed by atoms with van der Waals surface area (Å²) in [7, 11) is 0. The Morgan fingerprint density at radius 1 is 1.35 bits per heavy atom. The van der Waals surface area contributed by atoms with E-state index in [4.69, 9.17) is 21.9 Å². The lowest BCUT2D eigenvalue weighted by atomic mass is 9.90. The maximum Gasteiger partial charge on any atom is 0.152 e. The van der Waals surface area contributed by atoms with E-state index in [-0.39, 0.29) is 6.04 Å². The SMILES string of the molecule is CCCCC(CC)C(NN)c1cc2cccc(Cl)c2o1. The first-order valence-corrected chi connectivity index (χ1v) is 7.73. The molecule has 2 rings (SSSR count). The minimum absolute atomic E-state index is 0.0371. The molecule has 0 aliphatic rings. The van der Waals surface area contributed by atoms with Crippen molar-refractivity contribution >= 4 is 22.6 Å². The fourth-order valence-corrected chi connectivity index (χ4v) is 2.94. The van der Waals surface area contributed by atoms with Gasteiger partial charge in [0.05, 0.1) is 11.1 Å². The normalized spacial score (nSPS) is 14.6. The van der Waals surface area contributed by atoms with Crippen LogP contribution in [-0.4, -0.2) is 0 Å². The quantitative estimate of drug-likeness (QED) is 0.569. The summed E-state index contributed by atoms with van der Waals surface area (Å²) in [4.78, 5) is 0. The van der Waals surface area contributed by atoms with E-state index in [1.165, 1.54) is 12.8 Å². The van der Waals surface area contributed by atoms with Crippen LogP contribution in [0.5, 0.6) is 0 Å². The van der Waals surface area contributed by atoms with E-state index >= 15 is 0 Å². The molecule has 0 radical (unpaired) electrons. The standard InChI is InChI=1S/C16H23ClN2O/c1-3-5-7-11(4-2)15(19-18)14-10-12-8-6-9-13(17)16(12)20-14/h6,8-11,15,19H,3-5,7,18H2,1-2H3. The van der Waals surface area contributed by atoms with Gasteiger partial charge in [-0.2, -0.15) is 0 Å². The molecule has 1 heterocycles. The van der Waals surface area contributed by atoms with Crippen molar-refractivity contribution < 1.29 is 4.42 Å². The lowest BCUT2D eigenvalue weighted by Crippen LogP contribution is -2.33. The maximum absolute atomic E-state index is 6.17. The molecular formula is C16H23ClN2O. The van der Waals surface area contributed by atoms with Gasteiger partial charge in [-0.1, -0.05) is 56.8 Å². The largest absolute Gasteiger partial charge is 0.458 e. The number of nitrogens with two attached hydrogens (primary N) is 1. The number of halogens is 1. The van der Waals surface area contributed by atoms with Gasteiger partial charge in [-0.25, -0.2) is 5.43 Å². The van der Waals surface area contributed by atoms with Gasteiger partial charge in [-0.05, 0) is 24.5 Å². The first-order valence-electron chi connectivity index (χ1n) is 7.35. The molecule has 20 heavy (non-hydrogen) atoms. The lowest BCUT2D eigenvalue weighted by molar-refractivity contribution is 0.290. The molecule has 0 aliphatic carbocycles. The first-order chi connectivity index (χ1) is 9.71. The first kappa shape index (κ1) is 15.4. The van der Waals surface area contributed by atoms with Crippen molar-refractivity contribution in [2.24, 2.45) is 11.8 Å². The molecule has 0 saturated heterocycles. The molecule has 2 aromatic rings. The molecule has 0 amide bonds. The topological polar surface area (TPSA) is 51.2 Å². The molecular weight excluding hydrogens is 272 g/mol. The molecule has 2 unspecified atom stereocenters. The molecule has 0 saturated carbocycles. The second kappa shape index (κ2) is 7.11. The van der Waals surface area contributed by atoms with Gasteiger partial charge in [0.2, 0.25) is 0 Å². The average molecular weight is 295 g/mol. The summed E-state index contributed by atoms with van der Waals surface area (Å²) in [5, 5.41) is 1.67. The Hall–Kier alpha value is -1.03. The summed E-state index contributed by atoms with van der Waals surface area (Å²) < 4.78 is 5.94. The third-order valence-corrected chi connectivity index (χ3v) is 4.22. The van der Waals surface area contributed by atoms with Crippen molar-refractivity contribution in [3.8, 4) is 0 Å². The highest BCUT2D eigenvalue weighted by Gasteiger charge is 2.24. The van der Waals surface area contributed by atoms with E-state index in [9.17, 15) is 0 Å². The van der Waals surface area contributed by atoms with Crippen molar-refractivity contribution in [1.29, 1.82) is 0 Å². The third kappa shape index (κ3) is 3.17. The van der Waals surface area contributed by atoms with Crippen LogP contribution < -0.4 is 11.3 Å². The lowest BCUT2D eigenvalue weighted by Gasteiger charge is -2.23. The zero-order chi connectivity index (χ0) is 14.5. The second-order valence-electron chi connectivity index (χ2n) is 5.26. The molecule has 3 nitrogen and oxygen atoms in total. The smallest absolute Gasteiger partial charge is 0.152 e. The van der Waals surface area contributed by atoms with Crippen LogP contribution in [0, 0.1) is 5.92 Å². The van der Waals surface area contributed by atoms with E-state index in [0.29, 0.717) is 10.9 Å². The van der Waals surface area contributed by atoms with Crippen molar-refractivity contribution in [1.82, 2.24) is 5.43 Å². The number of benzene rings is 1. The average Bonchev–Trinajstić information content (AvgIpc) is 2.88. The van der Waals surface area contributed by atoms with Crippen LogP contribution in [0.3, 0.4) is 0 Å². The van der Waals surface area contributed by atoms with Crippen molar-refractivity contribution in [2.45, 2.75) is 45.6 Å². The highest BCUT2D eigenvalue weighted by atomic mass is 35.5. The highest BCUT2D eigenvalue weighted by molar-refractivity contribution is 6.34. The van der Waals surface area contributed by atoms with Crippen LogP contribution in [0.25, 0.3) is 11.0 Å². The summed E-state index contributed by atoms with van der Waals surface area (Å²) in [6.07, 6.45) is 4.61. The molecule has 110 valence electrons. The number of rotatable bonds is 7. The summed E-state index contributed by atoms with van der Waals surface area (Å²) in [5.41, 5.74) is 3.67. The molecule has 0 fully saturated rings. The number of furan rings is 1. The monoisotopic (exact) mass is 294 g/mol. The van der Waals surface area contributed by atoms with Gasteiger partial charge in [0.25, 0.3) is 0 Å². The Morgan fingerprint density at radius 2 is 2.15 bits per heavy atom. The summed E-state index contributed by atoms with van der Waals surface area (Å²) >= 11 is 6.17. The predicted molar refractivity (Wildman–Crippen MR) is 84.6 cm³/mol. The molecule has 0 aliphatic heterocycles. The highest BCUT2D eigenvalue weighted by Crippen LogP contribution is 2.34. The molecule has 2 atom stereocenters. The van der Waals surface area contributed by atoms with Gasteiger partial charge in [0.15, 0.2) is 5.58 Å². The number of fused-ring (bicyclic) bond motifs is 1.